The third-order valence-electron chi connectivity index (χ3n) is 6.70. The molecule has 0 saturated carbocycles. The number of hydrogen-bond acceptors (Lipinski definition) is 0. The van der Waals surface area contributed by atoms with E-state index < -0.39 is 0 Å². The summed E-state index contributed by atoms with van der Waals surface area (Å²) in [5, 5.41) is 0. The van der Waals surface area contributed by atoms with Gasteiger partial charge < -0.3 is 5.53 Å². The van der Waals surface area contributed by atoms with E-state index in [4.69, 9.17) is 0 Å². The Morgan fingerprint density at radius 3 is 1.59 bits per heavy atom. The molecule has 0 amide bonds. The Bertz CT molecular complexity index is 1030. The monoisotopic (exact) mass is 454 g/mol. The van der Waals surface area contributed by atoms with Gasteiger partial charge in [-0.05, 0) is 80.3 Å². The second kappa shape index (κ2) is 13.2. The van der Waals surface area contributed by atoms with Crippen molar-refractivity contribution in [3.8, 4) is 0 Å². The Morgan fingerprint density at radius 2 is 1.12 bits per heavy atom. The molecule has 1 heterocycles. The molecule has 1 aliphatic heterocycles. The molecule has 0 saturated heterocycles. The maximum atomic E-state index is 11.6. The summed E-state index contributed by atoms with van der Waals surface area (Å²) in [6, 6.07) is 17.5. The lowest BCUT2D eigenvalue weighted by atomic mass is 9.92. The molecule has 0 aliphatic carbocycles. The van der Waals surface area contributed by atoms with Gasteiger partial charge in [-0.25, -0.2) is 4.70 Å². The van der Waals surface area contributed by atoms with E-state index in [1.807, 2.05) is 0 Å². The molecule has 34 heavy (non-hydrogen) atoms. The number of unbranched alkanes of at least 4 members (excludes halogenated alkanes) is 3. The Hall–Kier alpha value is -2.74. The van der Waals surface area contributed by atoms with Crippen molar-refractivity contribution in [2.45, 2.75) is 91.9 Å². The summed E-state index contributed by atoms with van der Waals surface area (Å²) < 4.78 is 1.49. The maximum Gasteiger partial charge on any atom is 0.211 e. The largest absolute Gasteiger partial charge is 0.493 e. The summed E-state index contributed by atoms with van der Waals surface area (Å²) in [4.78, 5) is 0. The van der Waals surface area contributed by atoms with Crippen molar-refractivity contribution in [1.82, 2.24) is 0 Å². The number of rotatable bonds is 13. The van der Waals surface area contributed by atoms with E-state index in [1.54, 1.807) is 0 Å². The summed E-state index contributed by atoms with van der Waals surface area (Å²) in [7, 11) is 0. The van der Waals surface area contributed by atoms with Gasteiger partial charge in [-0.3, -0.25) is 0 Å². The lowest BCUT2D eigenvalue weighted by molar-refractivity contribution is -0.345. The summed E-state index contributed by atoms with van der Waals surface area (Å²) in [5.41, 5.74) is 21.0. The van der Waals surface area contributed by atoms with E-state index in [1.165, 1.54) is 39.8 Å². The van der Waals surface area contributed by atoms with Crippen LogP contribution in [0.3, 0.4) is 0 Å². The maximum absolute atomic E-state index is 11.6. The van der Waals surface area contributed by atoms with Crippen LogP contribution in [0.4, 0.5) is 0 Å². The zero-order chi connectivity index (χ0) is 24.3. The van der Waals surface area contributed by atoms with Crippen LogP contribution in [-0.2, 0) is 6.42 Å². The van der Waals surface area contributed by atoms with Crippen LogP contribution in [0.15, 0.2) is 65.8 Å². The first kappa shape index (κ1) is 25.9. The van der Waals surface area contributed by atoms with Crippen molar-refractivity contribution >= 4 is 17.5 Å². The van der Waals surface area contributed by atoms with Gasteiger partial charge in [0.05, 0.1) is 0 Å². The van der Waals surface area contributed by atoms with Crippen LogP contribution in [-0.4, -0.2) is 4.70 Å². The topological polar surface area (TPSA) is 25.3 Å². The third kappa shape index (κ3) is 6.23. The quantitative estimate of drug-likeness (QED) is 0.269. The van der Waals surface area contributed by atoms with E-state index in [9.17, 15) is 5.53 Å². The van der Waals surface area contributed by atoms with Crippen LogP contribution < -0.4 is 0 Å². The van der Waals surface area contributed by atoms with E-state index in [2.05, 4.69) is 88.4 Å². The van der Waals surface area contributed by atoms with Gasteiger partial charge in [0.25, 0.3) is 0 Å². The highest BCUT2D eigenvalue weighted by Crippen LogP contribution is 2.44. The minimum atomic E-state index is 0.968. The number of hydrogen-bond donors (Lipinski definition) is 0. The first-order valence-electron chi connectivity index (χ1n) is 13.5. The molecule has 2 aromatic carbocycles. The van der Waals surface area contributed by atoms with E-state index in [0.717, 1.165) is 73.9 Å². The van der Waals surface area contributed by atoms with Crippen LogP contribution in [0.2, 0.25) is 0 Å². The fourth-order valence-electron chi connectivity index (χ4n) is 4.71. The molecule has 3 rings (SSSR count). The molecule has 0 unspecified atom stereocenters. The van der Waals surface area contributed by atoms with Gasteiger partial charge >= 0.3 is 0 Å². The highest BCUT2D eigenvalue weighted by atomic mass is 15.2. The van der Waals surface area contributed by atoms with E-state index in [-0.39, 0.29) is 0 Å². The molecule has 0 spiro atoms. The van der Waals surface area contributed by atoms with Gasteiger partial charge in [0.1, 0.15) is 0 Å². The minimum absolute atomic E-state index is 0.968. The Morgan fingerprint density at radius 1 is 0.647 bits per heavy atom. The summed E-state index contributed by atoms with van der Waals surface area (Å²) in [6.45, 7) is 8.87. The number of aryl methyl sites for hydroxylation is 1. The zero-order valence-electron chi connectivity index (χ0n) is 21.7. The van der Waals surface area contributed by atoms with Gasteiger partial charge in [-0.2, -0.15) is 0 Å². The summed E-state index contributed by atoms with van der Waals surface area (Å²) >= 11 is 0. The van der Waals surface area contributed by atoms with Crippen LogP contribution in [0.5, 0.6) is 0 Å². The number of allylic oxidation sites excluding steroid dienone is 3. The van der Waals surface area contributed by atoms with E-state index >= 15 is 0 Å². The number of nitrogens with zero attached hydrogens (tertiary/aromatic N) is 2. The third-order valence-corrected chi connectivity index (χ3v) is 6.70. The predicted octanol–water partition coefficient (Wildman–Crippen LogP) is 10.0. The molecule has 0 fully saturated rings. The Kier molecular flexibility index (Phi) is 10.1. The fourth-order valence-corrected chi connectivity index (χ4v) is 4.71. The van der Waals surface area contributed by atoms with Crippen LogP contribution in [0.1, 0.15) is 108 Å². The highest BCUT2D eigenvalue weighted by molar-refractivity contribution is 5.82. The van der Waals surface area contributed by atoms with Gasteiger partial charge in [0.15, 0.2) is 0 Å². The summed E-state index contributed by atoms with van der Waals surface area (Å²) in [5.74, 6) is 0. The van der Waals surface area contributed by atoms with Crippen molar-refractivity contribution in [2.24, 2.45) is 0 Å². The van der Waals surface area contributed by atoms with Crippen molar-refractivity contribution in [3.05, 3.63) is 93.5 Å². The lowest BCUT2D eigenvalue weighted by Crippen LogP contribution is -2.02. The normalized spacial score (nSPS) is 14.2. The predicted molar refractivity (Wildman–Crippen MR) is 147 cm³/mol. The lowest BCUT2D eigenvalue weighted by Gasteiger charge is -2.10. The molecular weight excluding hydrogens is 412 g/mol. The molecule has 2 aromatic rings. The molecule has 2 nitrogen and oxygen atoms in total. The van der Waals surface area contributed by atoms with Gasteiger partial charge in [-0.15, -0.1) is 0 Å². The molecule has 0 bridgehead atoms. The minimum Gasteiger partial charge on any atom is -0.493 e. The molecule has 1 aliphatic rings. The van der Waals surface area contributed by atoms with E-state index in [0.29, 0.717) is 0 Å². The van der Waals surface area contributed by atoms with Crippen molar-refractivity contribution in [2.75, 3.05) is 0 Å². The average molecular weight is 455 g/mol. The summed E-state index contributed by atoms with van der Waals surface area (Å²) in [6.07, 6.45) is 15.5. The first-order valence-corrected chi connectivity index (χ1v) is 13.5. The second-order valence-corrected chi connectivity index (χ2v) is 9.41. The Labute approximate surface area is 207 Å². The molecule has 0 N–H and O–H groups in total. The van der Waals surface area contributed by atoms with Gasteiger partial charge in [0, 0.05) is 22.3 Å². The molecule has 0 atom stereocenters. The molecular formula is C32H42N2. The van der Waals surface area contributed by atoms with Crippen LogP contribution >= 0.6 is 0 Å². The Balaban J connectivity index is 2.04. The van der Waals surface area contributed by atoms with Crippen molar-refractivity contribution in [3.63, 3.8) is 0 Å². The van der Waals surface area contributed by atoms with Gasteiger partial charge in [0.2, 0.25) is 11.4 Å². The highest BCUT2D eigenvalue weighted by Gasteiger charge is 2.34. The SMILES string of the molecule is CCC=Cc1ccc(C2=C(CCCC)C(CCCC)=C(c3ccc(CCCC)cc3)[N+]2=[N-])cc1. The fraction of sp³-hybridized carbons (Fsp3) is 0.438. The van der Waals surface area contributed by atoms with Gasteiger partial charge in [-0.1, -0.05) is 83.4 Å². The molecule has 0 aromatic heterocycles. The average Bonchev–Trinajstić information content (AvgIpc) is 3.14. The smallest absolute Gasteiger partial charge is 0.211 e. The van der Waals surface area contributed by atoms with Crippen molar-refractivity contribution < 1.29 is 4.70 Å². The zero-order valence-corrected chi connectivity index (χ0v) is 21.7. The van der Waals surface area contributed by atoms with Crippen LogP contribution in [0, 0.1) is 0 Å². The molecule has 180 valence electrons. The first-order chi connectivity index (χ1) is 16.6. The standard InChI is InChI=1S/C32H42N2/c1-5-9-13-25-17-21-27(22-18-25)31-29(15-11-7-3)30(16-12-8-4)32(34(31)33)28-23-19-26(20-24-28)14-10-6-2/h9,13,17-24H,5-8,10-12,14-16H2,1-4H3. The molecule has 0 radical (unpaired) electrons. The molecule has 2 heteroatoms. The number of benzene rings is 2. The second-order valence-electron chi connectivity index (χ2n) is 9.41. The van der Waals surface area contributed by atoms with Crippen molar-refractivity contribution in [1.29, 1.82) is 0 Å². The van der Waals surface area contributed by atoms with Crippen LogP contribution in [0.25, 0.3) is 23.0 Å².